The lowest BCUT2D eigenvalue weighted by atomic mass is 10.1. The molecule has 1 aromatic carbocycles. The van der Waals surface area contributed by atoms with Gasteiger partial charge in [0.2, 0.25) is 5.56 Å². The van der Waals surface area contributed by atoms with Crippen molar-refractivity contribution in [1.82, 2.24) is 4.98 Å². The van der Waals surface area contributed by atoms with Crippen LogP contribution in [0, 0.1) is 5.82 Å². The number of carboxylic acids is 1. The first-order valence-electron chi connectivity index (χ1n) is 4.81. The van der Waals surface area contributed by atoms with Gasteiger partial charge in [0, 0.05) is 11.6 Å². The second-order valence-corrected chi connectivity index (χ2v) is 3.40. The van der Waals surface area contributed by atoms with E-state index in [2.05, 4.69) is 4.98 Å². The molecule has 1 aromatic heterocycles. The summed E-state index contributed by atoms with van der Waals surface area (Å²) in [6.07, 6.45) is 0. The number of carbonyl (C=O) groups is 1. The highest BCUT2D eigenvalue weighted by atomic mass is 19.1. The van der Waals surface area contributed by atoms with Crippen LogP contribution in [0.1, 0.15) is 10.4 Å². The molecular formula is C12H8FNO3. The van der Waals surface area contributed by atoms with Gasteiger partial charge >= 0.3 is 5.97 Å². The minimum Gasteiger partial charge on any atom is -0.478 e. The van der Waals surface area contributed by atoms with Crippen molar-refractivity contribution in [2.75, 3.05) is 0 Å². The van der Waals surface area contributed by atoms with Crippen molar-refractivity contribution < 1.29 is 14.3 Å². The molecule has 0 aliphatic rings. The SMILES string of the molecule is O=C(O)c1cccc(-c2cccc(=O)[nH]2)c1F. The summed E-state index contributed by atoms with van der Waals surface area (Å²) in [4.78, 5) is 24.3. The molecule has 17 heavy (non-hydrogen) atoms. The van der Waals surface area contributed by atoms with Crippen LogP contribution >= 0.6 is 0 Å². The van der Waals surface area contributed by atoms with Gasteiger partial charge in [0.25, 0.3) is 0 Å². The zero-order chi connectivity index (χ0) is 12.4. The molecule has 0 fully saturated rings. The van der Waals surface area contributed by atoms with Crippen LogP contribution in [-0.2, 0) is 0 Å². The van der Waals surface area contributed by atoms with Crippen LogP contribution in [0.5, 0.6) is 0 Å². The first kappa shape index (κ1) is 11.1. The molecule has 2 aromatic rings. The number of aromatic amines is 1. The largest absolute Gasteiger partial charge is 0.478 e. The van der Waals surface area contributed by atoms with E-state index in [1.165, 1.54) is 36.4 Å². The summed E-state index contributed by atoms with van der Waals surface area (Å²) in [5.41, 5.74) is -0.490. The molecule has 0 radical (unpaired) electrons. The Bertz CT molecular complexity index is 634. The molecule has 2 rings (SSSR count). The monoisotopic (exact) mass is 233 g/mol. The van der Waals surface area contributed by atoms with Gasteiger partial charge in [-0.1, -0.05) is 12.1 Å². The van der Waals surface area contributed by atoms with Crippen molar-refractivity contribution in [2.24, 2.45) is 0 Å². The Balaban J connectivity index is 2.64. The Kier molecular flexibility index (Phi) is 2.74. The summed E-state index contributed by atoms with van der Waals surface area (Å²) in [7, 11) is 0. The molecular weight excluding hydrogens is 225 g/mol. The molecule has 86 valence electrons. The predicted octanol–water partition coefficient (Wildman–Crippen LogP) is 1.88. The van der Waals surface area contributed by atoms with Crippen molar-refractivity contribution >= 4 is 5.97 Å². The molecule has 0 saturated carbocycles. The Morgan fingerprint density at radius 3 is 2.53 bits per heavy atom. The first-order valence-corrected chi connectivity index (χ1v) is 4.81. The molecule has 5 heteroatoms. The van der Waals surface area contributed by atoms with E-state index in [-0.39, 0.29) is 16.8 Å². The summed E-state index contributed by atoms with van der Waals surface area (Å²) in [5.74, 6) is -2.20. The number of carboxylic acid groups (broad SMARTS) is 1. The predicted molar refractivity (Wildman–Crippen MR) is 59.4 cm³/mol. The fraction of sp³-hybridized carbons (Fsp3) is 0. The maximum atomic E-state index is 13.8. The number of H-pyrrole nitrogens is 1. The smallest absolute Gasteiger partial charge is 0.338 e. The van der Waals surface area contributed by atoms with Gasteiger partial charge in [-0.25, -0.2) is 9.18 Å². The average Bonchev–Trinajstić information content (AvgIpc) is 2.29. The third kappa shape index (κ3) is 2.08. The maximum absolute atomic E-state index is 13.8. The highest BCUT2D eigenvalue weighted by Crippen LogP contribution is 2.22. The van der Waals surface area contributed by atoms with Gasteiger partial charge in [-0.3, -0.25) is 4.79 Å². The van der Waals surface area contributed by atoms with E-state index in [0.29, 0.717) is 0 Å². The van der Waals surface area contributed by atoms with E-state index < -0.39 is 17.3 Å². The quantitative estimate of drug-likeness (QED) is 0.831. The maximum Gasteiger partial charge on any atom is 0.338 e. The second-order valence-electron chi connectivity index (χ2n) is 3.40. The number of aromatic nitrogens is 1. The molecule has 0 aliphatic carbocycles. The molecule has 0 spiro atoms. The minimum atomic E-state index is -1.34. The van der Waals surface area contributed by atoms with Crippen molar-refractivity contribution in [2.45, 2.75) is 0 Å². The molecule has 1 heterocycles. The normalized spacial score (nSPS) is 10.2. The average molecular weight is 233 g/mol. The Morgan fingerprint density at radius 2 is 1.88 bits per heavy atom. The zero-order valence-corrected chi connectivity index (χ0v) is 8.61. The van der Waals surface area contributed by atoms with Gasteiger partial charge in [-0.05, 0) is 18.2 Å². The number of aromatic carboxylic acids is 1. The van der Waals surface area contributed by atoms with Crippen molar-refractivity contribution in [3.8, 4) is 11.3 Å². The van der Waals surface area contributed by atoms with E-state index >= 15 is 0 Å². The van der Waals surface area contributed by atoms with Crippen LogP contribution in [-0.4, -0.2) is 16.1 Å². The lowest BCUT2D eigenvalue weighted by molar-refractivity contribution is 0.0692. The van der Waals surface area contributed by atoms with Crippen LogP contribution in [0.3, 0.4) is 0 Å². The molecule has 0 aliphatic heterocycles. The van der Waals surface area contributed by atoms with E-state index in [0.717, 1.165) is 0 Å². The van der Waals surface area contributed by atoms with Crippen molar-refractivity contribution in [1.29, 1.82) is 0 Å². The van der Waals surface area contributed by atoms with E-state index in [4.69, 9.17) is 5.11 Å². The summed E-state index contributed by atoms with van der Waals surface area (Å²) in [6, 6.07) is 8.28. The number of pyridine rings is 1. The van der Waals surface area contributed by atoms with Gasteiger partial charge < -0.3 is 10.1 Å². The molecule has 4 nitrogen and oxygen atoms in total. The van der Waals surface area contributed by atoms with Crippen LogP contribution in [0.2, 0.25) is 0 Å². The lowest BCUT2D eigenvalue weighted by Gasteiger charge is -2.05. The minimum absolute atomic E-state index is 0.0580. The fourth-order valence-electron chi connectivity index (χ4n) is 1.51. The van der Waals surface area contributed by atoms with Gasteiger partial charge in [-0.15, -0.1) is 0 Å². The highest BCUT2D eigenvalue weighted by Gasteiger charge is 2.14. The van der Waals surface area contributed by atoms with Gasteiger partial charge in [0.05, 0.1) is 11.3 Å². The zero-order valence-electron chi connectivity index (χ0n) is 8.61. The Hall–Kier alpha value is -2.43. The fourth-order valence-corrected chi connectivity index (χ4v) is 1.51. The summed E-state index contributed by atoms with van der Waals surface area (Å²) < 4.78 is 13.8. The van der Waals surface area contributed by atoms with Crippen LogP contribution in [0.25, 0.3) is 11.3 Å². The van der Waals surface area contributed by atoms with Gasteiger partial charge in [0.1, 0.15) is 5.82 Å². The van der Waals surface area contributed by atoms with Crippen molar-refractivity contribution in [3.05, 3.63) is 58.1 Å². The number of rotatable bonds is 2. The number of hydrogen-bond donors (Lipinski definition) is 2. The van der Waals surface area contributed by atoms with Gasteiger partial charge in [-0.2, -0.15) is 0 Å². The Morgan fingerprint density at radius 1 is 1.18 bits per heavy atom. The molecule has 0 saturated heterocycles. The standard InChI is InChI=1S/C12H8FNO3/c13-11-7(3-1-4-8(11)12(16)17)9-5-2-6-10(15)14-9/h1-6H,(H,14,15)(H,16,17). The topological polar surface area (TPSA) is 70.2 Å². The lowest BCUT2D eigenvalue weighted by Crippen LogP contribution is -2.06. The van der Waals surface area contributed by atoms with E-state index in [9.17, 15) is 14.0 Å². The van der Waals surface area contributed by atoms with Crippen LogP contribution in [0.4, 0.5) is 4.39 Å². The Labute approximate surface area is 95.4 Å². The van der Waals surface area contributed by atoms with E-state index in [1.807, 2.05) is 0 Å². The number of nitrogens with one attached hydrogen (secondary N) is 1. The summed E-state index contributed by atoms with van der Waals surface area (Å²) in [6.45, 7) is 0. The summed E-state index contributed by atoms with van der Waals surface area (Å²) in [5, 5.41) is 8.78. The molecule has 0 amide bonds. The molecule has 0 atom stereocenters. The highest BCUT2D eigenvalue weighted by molar-refractivity contribution is 5.89. The number of hydrogen-bond acceptors (Lipinski definition) is 2. The first-order chi connectivity index (χ1) is 8.09. The van der Waals surface area contributed by atoms with Crippen molar-refractivity contribution in [3.63, 3.8) is 0 Å². The van der Waals surface area contributed by atoms with E-state index in [1.54, 1.807) is 0 Å². The summed E-state index contributed by atoms with van der Waals surface area (Å²) >= 11 is 0. The van der Waals surface area contributed by atoms with Gasteiger partial charge in [0.15, 0.2) is 0 Å². The molecule has 0 unspecified atom stereocenters. The third-order valence-electron chi connectivity index (χ3n) is 2.29. The van der Waals surface area contributed by atoms with Crippen LogP contribution < -0.4 is 5.56 Å². The third-order valence-corrected chi connectivity index (χ3v) is 2.29. The number of benzene rings is 1. The molecule has 0 bridgehead atoms. The number of halogens is 1. The second kappa shape index (κ2) is 4.21. The van der Waals surface area contributed by atoms with Crippen LogP contribution in [0.15, 0.2) is 41.2 Å². The molecule has 2 N–H and O–H groups in total.